The zero-order valence-electron chi connectivity index (χ0n) is 14.2. The van der Waals surface area contributed by atoms with Gasteiger partial charge in [0, 0.05) is 15.8 Å². The summed E-state index contributed by atoms with van der Waals surface area (Å²) in [6.07, 6.45) is 0. The molecule has 0 bridgehead atoms. The Hall–Kier alpha value is -1.80. The minimum atomic E-state index is -0.828. The van der Waals surface area contributed by atoms with Crippen molar-refractivity contribution >= 4 is 39.6 Å². The smallest absolute Gasteiger partial charge is 0.333 e. The van der Waals surface area contributed by atoms with Gasteiger partial charge in [0.1, 0.15) is 5.76 Å². The number of ether oxygens (including phenoxy) is 1. The molecule has 2 aromatic rings. The number of aryl methyl sites for hydroxylation is 2. The number of benzene rings is 1. The monoisotopic (exact) mass is 426 g/mol. The van der Waals surface area contributed by atoms with Crippen LogP contribution >= 0.6 is 27.7 Å². The molecule has 0 fully saturated rings. The van der Waals surface area contributed by atoms with E-state index in [1.54, 1.807) is 12.1 Å². The summed E-state index contributed by atoms with van der Waals surface area (Å²) in [4.78, 5) is 24.2. The van der Waals surface area contributed by atoms with Gasteiger partial charge in [-0.25, -0.2) is 4.79 Å². The Labute approximate surface area is 158 Å². The highest BCUT2D eigenvalue weighted by Gasteiger charge is 2.23. The number of aromatic nitrogens is 1. The van der Waals surface area contributed by atoms with E-state index in [1.807, 2.05) is 26.0 Å². The molecule has 0 saturated heterocycles. The maximum Gasteiger partial charge on any atom is 0.333 e. The fraction of sp³-hybridized carbons (Fsp3) is 0.353. The molecule has 0 aliphatic rings. The number of hydrogen-bond acceptors (Lipinski definition) is 6. The van der Waals surface area contributed by atoms with E-state index in [1.165, 1.54) is 18.9 Å². The number of thioether (sulfide) groups is 1. The van der Waals surface area contributed by atoms with Crippen LogP contribution in [0.3, 0.4) is 0 Å². The summed E-state index contributed by atoms with van der Waals surface area (Å²) < 4.78 is 10.8. The predicted molar refractivity (Wildman–Crippen MR) is 99.2 cm³/mol. The second-order valence-electron chi connectivity index (χ2n) is 5.37. The SMILES string of the molecule is COC(=O)C(NC(=O)CSCc1c(C)noc1C)c1ccc(Br)cc1. The van der Waals surface area contributed by atoms with E-state index in [4.69, 9.17) is 9.26 Å². The maximum absolute atomic E-state index is 12.2. The molecule has 1 aromatic carbocycles. The molecule has 1 aromatic heterocycles. The van der Waals surface area contributed by atoms with Gasteiger partial charge in [0.25, 0.3) is 0 Å². The molecule has 1 atom stereocenters. The lowest BCUT2D eigenvalue weighted by Gasteiger charge is -2.17. The highest BCUT2D eigenvalue weighted by molar-refractivity contribution is 9.10. The van der Waals surface area contributed by atoms with Gasteiger partial charge in [0.2, 0.25) is 5.91 Å². The standard InChI is InChI=1S/C17H19BrN2O4S/c1-10-14(11(2)24-20-10)8-25-9-15(21)19-16(17(22)23-3)12-4-6-13(18)7-5-12/h4-7,16H,8-9H2,1-3H3,(H,19,21). The van der Waals surface area contributed by atoms with Gasteiger partial charge in [-0.2, -0.15) is 0 Å². The molecule has 25 heavy (non-hydrogen) atoms. The molecule has 1 heterocycles. The fourth-order valence-electron chi connectivity index (χ4n) is 2.21. The van der Waals surface area contributed by atoms with Crippen molar-refractivity contribution in [3.05, 3.63) is 51.3 Å². The summed E-state index contributed by atoms with van der Waals surface area (Å²) >= 11 is 4.78. The van der Waals surface area contributed by atoms with E-state index in [0.717, 1.165) is 21.5 Å². The van der Waals surface area contributed by atoms with Gasteiger partial charge in [-0.05, 0) is 31.5 Å². The zero-order valence-corrected chi connectivity index (χ0v) is 16.6. The number of rotatable bonds is 7. The Bertz CT molecular complexity index is 726. The van der Waals surface area contributed by atoms with Crippen molar-refractivity contribution < 1.29 is 18.8 Å². The summed E-state index contributed by atoms with van der Waals surface area (Å²) in [5.41, 5.74) is 2.49. The van der Waals surface area contributed by atoms with E-state index < -0.39 is 12.0 Å². The summed E-state index contributed by atoms with van der Waals surface area (Å²) in [5.74, 6) is 0.846. The lowest BCUT2D eigenvalue weighted by Crippen LogP contribution is -2.35. The van der Waals surface area contributed by atoms with Crippen molar-refractivity contribution in [3.63, 3.8) is 0 Å². The number of methoxy groups -OCH3 is 1. The molecular weight excluding hydrogens is 408 g/mol. The first-order valence-electron chi connectivity index (χ1n) is 7.54. The van der Waals surface area contributed by atoms with Crippen molar-refractivity contribution in [2.75, 3.05) is 12.9 Å². The number of amides is 1. The Morgan fingerprint density at radius 2 is 2.00 bits per heavy atom. The number of esters is 1. The normalized spacial score (nSPS) is 11.8. The fourth-order valence-corrected chi connectivity index (χ4v) is 3.46. The molecule has 0 spiro atoms. The Morgan fingerprint density at radius 3 is 2.56 bits per heavy atom. The minimum absolute atomic E-state index is 0.216. The van der Waals surface area contributed by atoms with Gasteiger partial charge in [0.05, 0.1) is 18.6 Å². The molecule has 1 unspecified atom stereocenters. The summed E-state index contributed by atoms with van der Waals surface area (Å²) in [5, 5.41) is 6.61. The lowest BCUT2D eigenvalue weighted by molar-refractivity contribution is -0.145. The first kappa shape index (κ1) is 19.5. The van der Waals surface area contributed by atoms with E-state index in [0.29, 0.717) is 11.3 Å². The third-order valence-corrected chi connectivity index (χ3v) is 5.09. The van der Waals surface area contributed by atoms with Crippen LogP contribution in [0.2, 0.25) is 0 Å². The average molecular weight is 427 g/mol. The molecule has 0 aliphatic heterocycles. The minimum Gasteiger partial charge on any atom is -0.467 e. The van der Waals surface area contributed by atoms with Crippen LogP contribution < -0.4 is 5.32 Å². The largest absolute Gasteiger partial charge is 0.467 e. The Balaban J connectivity index is 1.95. The van der Waals surface area contributed by atoms with Crippen LogP contribution in [0.5, 0.6) is 0 Å². The van der Waals surface area contributed by atoms with Crippen molar-refractivity contribution in [2.45, 2.75) is 25.6 Å². The summed E-state index contributed by atoms with van der Waals surface area (Å²) in [6.45, 7) is 3.71. The lowest BCUT2D eigenvalue weighted by atomic mass is 10.1. The van der Waals surface area contributed by atoms with E-state index in [2.05, 4.69) is 26.4 Å². The highest BCUT2D eigenvalue weighted by Crippen LogP contribution is 2.21. The molecule has 0 aliphatic carbocycles. The van der Waals surface area contributed by atoms with Gasteiger partial charge >= 0.3 is 5.97 Å². The number of nitrogens with one attached hydrogen (secondary N) is 1. The molecule has 134 valence electrons. The first-order valence-corrected chi connectivity index (χ1v) is 9.49. The van der Waals surface area contributed by atoms with Gasteiger partial charge in [-0.3, -0.25) is 4.79 Å². The van der Waals surface area contributed by atoms with Crippen molar-refractivity contribution in [3.8, 4) is 0 Å². The van der Waals surface area contributed by atoms with Crippen LogP contribution in [0.4, 0.5) is 0 Å². The summed E-state index contributed by atoms with van der Waals surface area (Å²) in [6, 6.07) is 6.32. The Kier molecular flexibility index (Phi) is 7.07. The predicted octanol–water partition coefficient (Wildman–Crippen LogP) is 3.32. The molecule has 0 radical (unpaired) electrons. The molecule has 1 amide bonds. The molecule has 8 heteroatoms. The molecule has 0 saturated carbocycles. The van der Waals surface area contributed by atoms with Crippen LogP contribution in [0.1, 0.15) is 28.6 Å². The molecule has 2 rings (SSSR count). The van der Waals surface area contributed by atoms with Gasteiger partial charge in [-0.1, -0.05) is 33.2 Å². The van der Waals surface area contributed by atoms with E-state index in [-0.39, 0.29) is 11.7 Å². The summed E-state index contributed by atoms with van der Waals surface area (Å²) in [7, 11) is 1.30. The maximum atomic E-state index is 12.2. The second kappa shape index (κ2) is 9.05. The van der Waals surface area contributed by atoms with Gasteiger partial charge in [-0.15, -0.1) is 11.8 Å². The Morgan fingerprint density at radius 1 is 1.32 bits per heavy atom. The number of halogens is 1. The van der Waals surface area contributed by atoms with Crippen molar-refractivity contribution in [1.82, 2.24) is 10.5 Å². The van der Waals surface area contributed by atoms with Gasteiger partial charge < -0.3 is 14.6 Å². The topological polar surface area (TPSA) is 81.4 Å². The average Bonchev–Trinajstić information content (AvgIpc) is 2.92. The van der Waals surface area contributed by atoms with E-state index in [9.17, 15) is 9.59 Å². The zero-order chi connectivity index (χ0) is 18.4. The molecular formula is C17H19BrN2O4S. The quantitative estimate of drug-likeness (QED) is 0.683. The van der Waals surface area contributed by atoms with Crippen LogP contribution in [0.25, 0.3) is 0 Å². The van der Waals surface area contributed by atoms with Crippen molar-refractivity contribution in [1.29, 1.82) is 0 Å². The molecule has 1 N–H and O–H groups in total. The number of carbonyl (C=O) groups excluding carboxylic acids is 2. The first-order chi connectivity index (χ1) is 11.9. The van der Waals surface area contributed by atoms with Crippen molar-refractivity contribution in [2.24, 2.45) is 0 Å². The molecule has 6 nitrogen and oxygen atoms in total. The third kappa shape index (κ3) is 5.34. The van der Waals surface area contributed by atoms with E-state index >= 15 is 0 Å². The van der Waals surface area contributed by atoms with Crippen LogP contribution in [0.15, 0.2) is 33.3 Å². The number of hydrogen-bond donors (Lipinski definition) is 1. The number of nitrogens with zero attached hydrogens (tertiary/aromatic N) is 1. The highest BCUT2D eigenvalue weighted by atomic mass is 79.9. The van der Waals surface area contributed by atoms with Gasteiger partial charge in [0.15, 0.2) is 6.04 Å². The third-order valence-electron chi connectivity index (χ3n) is 3.61. The second-order valence-corrected chi connectivity index (χ2v) is 7.27. The van der Waals surface area contributed by atoms with Crippen LogP contribution in [-0.2, 0) is 20.1 Å². The van der Waals surface area contributed by atoms with Crippen LogP contribution in [0, 0.1) is 13.8 Å². The number of carbonyl (C=O) groups is 2. The van der Waals surface area contributed by atoms with Crippen LogP contribution in [-0.4, -0.2) is 29.9 Å².